The van der Waals surface area contributed by atoms with Gasteiger partial charge in [-0.05, 0) is 13.0 Å². The van der Waals surface area contributed by atoms with Crippen LogP contribution in [0.5, 0.6) is 0 Å². The fourth-order valence-electron chi connectivity index (χ4n) is 1.54. The minimum Gasteiger partial charge on any atom is -0.363 e. The van der Waals surface area contributed by atoms with Crippen molar-refractivity contribution < 1.29 is 9.45 Å². The molecule has 0 bridgehead atoms. The summed E-state index contributed by atoms with van der Waals surface area (Å²) in [5, 5.41) is 17.2. The molecule has 1 N–H and O–H groups in total. The third kappa shape index (κ3) is 2.83. The van der Waals surface area contributed by atoms with E-state index >= 15 is 0 Å². The summed E-state index contributed by atoms with van der Waals surface area (Å²) in [5.41, 5.74) is 0.786. The molecule has 0 saturated heterocycles. The Morgan fingerprint density at radius 2 is 2.59 bits per heavy atom. The Bertz CT molecular complexity index is 478. The van der Waals surface area contributed by atoms with Crippen LogP contribution in [0.25, 0.3) is 0 Å². The lowest BCUT2D eigenvalue weighted by atomic mass is 10.3. The summed E-state index contributed by atoms with van der Waals surface area (Å²) in [7, 11) is 0. The molecule has 1 aromatic heterocycles. The minimum absolute atomic E-state index is 0.407. The van der Waals surface area contributed by atoms with Gasteiger partial charge >= 0.3 is 0 Å². The number of nitrogens with zero attached hydrogens (tertiary/aromatic N) is 3. The highest BCUT2D eigenvalue weighted by Crippen LogP contribution is 2.13. The van der Waals surface area contributed by atoms with Gasteiger partial charge in [-0.3, -0.25) is 10.1 Å². The maximum atomic E-state index is 10.5. The van der Waals surface area contributed by atoms with E-state index in [0.29, 0.717) is 24.7 Å². The second kappa shape index (κ2) is 4.69. The van der Waals surface area contributed by atoms with Gasteiger partial charge in [0, 0.05) is 18.8 Å². The third-order valence-corrected chi connectivity index (χ3v) is 2.23. The van der Waals surface area contributed by atoms with Crippen molar-refractivity contribution in [2.45, 2.75) is 13.5 Å². The van der Waals surface area contributed by atoms with Gasteiger partial charge < -0.3 is 14.7 Å². The highest BCUT2D eigenvalue weighted by molar-refractivity contribution is 5.11. The zero-order valence-corrected chi connectivity index (χ0v) is 9.29. The standard InChI is InChI=1S/C10H12N4O3/c1-8-5-9(17-12-8)6-13-4-2-3-11-10(13)7-14(15)16/h2,4-5,7,11H,3,6H2,1H3. The number of aromatic nitrogens is 1. The van der Waals surface area contributed by atoms with Crippen molar-refractivity contribution in [2.24, 2.45) is 0 Å². The van der Waals surface area contributed by atoms with Gasteiger partial charge in [-0.25, -0.2) is 0 Å². The van der Waals surface area contributed by atoms with Crippen LogP contribution in [-0.4, -0.2) is 21.5 Å². The van der Waals surface area contributed by atoms with Crippen LogP contribution < -0.4 is 5.32 Å². The molecule has 0 fully saturated rings. The summed E-state index contributed by atoms with van der Waals surface area (Å²) in [6.07, 6.45) is 4.59. The highest BCUT2D eigenvalue weighted by Gasteiger charge is 2.15. The largest absolute Gasteiger partial charge is 0.363 e. The summed E-state index contributed by atoms with van der Waals surface area (Å²) in [6.45, 7) is 2.81. The maximum absolute atomic E-state index is 10.5. The van der Waals surface area contributed by atoms with Gasteiger partial charge in [-0.1, -0.05) is 5.16 Å². The van der Waals surface area contributed by atoms with Crippen molar-refractivity contribution in [1.29, 1.82) is 0 Å². The van der Waals surface area contributed by atoms with E-state index in [1.165, 1.54) is 0 Å². The Balaban J connectivity index is 2.14. The Hall–Kier alpha value is -2.31. The molecule has 2 rings (SSSR count). The molecule has 0 aromatic carbocycles. The summed E-state index contributed by atoms with van der Waals surface area (Å²) in [6, 6.07) is 1.80. The van der Waals surface area contributed by atoms with E-state index in [2.05, 4.69) is 10.5 Å². The average Bonchev–Trinajstić information content (AvgIpc) is 2.66. The molecule has 1 aliphatic heterocycles. The number of hydrogen-bond acceptors (Lipinski definition) is 6. The molecular weight excluding hydrogens is 224 g/mol. The second-order valence-electron chi connectivity index (χ2n) is 3.63. The molecule has 0 aliphatic carbocycles. The van der Waals surface area contributed by atoms with Gasteiger partial charge in [0.25, 0.3) is 6.20 Å². The van der Waals surface area contributed by atoms with E-state index in [4.69, 9.17) is 4.52 Å². The summed E-state index contributed by atoms with van der Waals surface area (Å²) < 4.78 is 5.07. The molecule has 0 saturated carbocycles. The Labute approximate surface area is 97.5 Å². The molecular formula is C10H12N4O3. The molecule has 7 nitrogen and oxygen atoms in total. The van der Waals surface area contributed by atoms with Crippen molar-refractivity contribution in [3.8, 4) is 0 Å². The predicted molar refractivity (Wildman–Crippen MR) is 59.0 cm³/mol. The number of nitro groups is 1. The number of nitrogens with one attached hydrogen (secondary N) is 1. The molecule has 0 unspecified atom stereocenters. The molecule has 0 radical (unpaired) electrons. The average molecular weight is 236 g/mol. The normalized spacial score (nSPS) is 17.2. The topological polar surface area (TPSA) is 84.4 Å². The summed E-state index contributed by atoms with van der Waals surface area (Å²) in [5.74, 6) is 1.09. The number of rotatable bonds is 3. The zero-order valence-electron chi connectivity index (χ0n) is 9.29. The summed E-state index contributed by atoms with van der Waals surface area (Å²) in [4.78, 5) is 11.7. The van der Waals surface area contributed by atoms with Gasteiger partial charge in [-0.2, -0.15) is 0 Å². The van der Waals surface area contributed by atoms with E-state index in [1.54, 1.807) is 17.2 Å². The van der Waals surface area contributed by atoms with Crippen molar-refractivity contribution >= 4 is 0 Å². The van der Waals surface area contributed by atoms with E-state index in [1.807, 2.05) is 13.0 Å². The van der Waals surface area contributed by atoms with Crippen LogP contribution in [0, 0.1) is 17.0 Å². The quantitative estimate of drug-likeness (QED) is 0.622. The number of aryl methyl sites for hydroxylation is 1. The van der Waals surface area contributed by atoms with Gasteiger partial charge in [0.2, 0.25) is 0 Å². The van der Waals surface area contributed by atoms with Crippen LogP contribution in [0.3, 0.4) is 0 Å². The van der Waals surface area contributed by atoms with E-state index in [9.17, 15) is 10.1 Å². The van der Waals surface area contributed by atoms with Gasteiger partial charge in [0.05, 0.1) is 17.2 Å². The SMILES string of the molecule is Cc1cc(CN2C=CCNC2=C[N+](=O)[O-])on1. The van der Waals surface area contributed by atoms with Crippen molar-refractivity contribution in [1.82, 2.24) is 15.4 Å². The molecule has 0 spiro atoms. The molecule has 0 amide bonds. The van der Waals surface area contributed by atoms with Crippen LogP contribution in [0.4, 0.5) is 0 Å². The van der Waals surface area contributed by atoms with E-state index in [-0.39, 0.29) is 0 Å². The first kappa shape index (κ1) is 11.2. The zero-order chi connectivity index (χ0) is 12.3. The molecule has 2 heterocycles. The van der Waals surface area contributed by atoms with Crippen LogP contribution in [-0.2, 0) is 6.54 Å². The fraction of sp³-hybridized carbons (Fsp3) is 0.300. The van der Waals surface area contributed by atoms with Crippen LogP contribution >= 0.6 is 0 Å². The van der Waals surface area contributed by atoms with Gasteiger partial charge in [0.15, 0.2) is 11.6 Å². The number of hydrogen-bond donors (Lipinski definition) is 1. The smallest absolute Gasteiger partial charge is 0.274 e. The lowest BCUT2D eigenvalue weighted by Crippen LogP contribution is -2.32. The molecule has 1 aliphatic rings. The second-order valence-corrected chi connectivity index (χ2v) is 3.63. The third-order valence-electron chi connectivity index (χ3n) is 2.23. The van der Waals surface area contributed by atoms with E-state index in [0.717, 1.165) is 11.9 Å². The lowest BCUT2D eigenvalue weighted by molar-refractivity contribution is -0.404. The lowest BCUT2D eigenvalue weighted by Gasteiger charge is -2.24. The van der Waals surface area contributed by atoms with Gasteiger partial charge in [0.1, 0.15) is 0 Å². The van der Waals surface area contributed by atoms with Crippen molar-refractivity contribution in [3.63, 3.8) is 0 Å². The first-order chi connectivity index (χ1) is 8.15. The molecule has 17 heavy (non-hydrogen) atoms. The van der Waals surface area contributed by atoms with Crippen LogP contribution in [0.1, 0.15) is 11.5 Å². The molecule has 7 heteroatoms. The molecule has 0 atom stereocenters. The van der Waals surface area contributed by atoms with Crippen LogP contribution in [0.15, 0.2) is 34.9 Å². The Morgan fingerprint density at radius 1 is 1.76 bits per heavy atom. The monoisotopic (exact) mass is 236 g/mol. The van der Waals surface area contributed by atoms with Gasteiger partial charge in [-0.15, -0.1) is 0 Å². The summed E-state index contributed by atoms with van der Waals surface area (Å²) >= 11 is 0. The minimum atomic E-state index is -0.486. The van der Waals surface area contributed by atoms with Crippen molar-refractivity contribution in [3.05, 3.63) is 51.9 Å². The maximum Gasteiger partial charge on any atom is 0.274 e. The Kier molecular flexibility index (Phi) is 3.08. The molecule has 1 aromatic rings. The fourth-order valence-corrected chi connectivity index (χ4v) is 1.54. The Morgan fingerprint density at radius 3 is 3.24 bits per heavy atom. The van der Waals surface area contributed by atoms with E-state index < -0.39 is 4.92 Å². The first-order valence-corrected chi connectivity index (χ1v) is 5.10. The predicted octanol–water partition coefficient (Wildman–Crippen LogP) is 0.978. The molecule has 90 valence electrons. The first-order valence-electron chi connectivity index (χ1n) is 5.10. The van der Waals surface area contributed by atoms with Crippen LogP contribution in [0.2, 0.25) is 0 Å². The highest BCUT2D eigenvalue weighted by atomic mass is 16.6. The van der Waals surface area contributed by atoms with Crippen molar-refractivity contribution in [2.75, 3.05) is 6.54 Å².